The van der Waals surface area contributed by atoms with Gasteiger partial charge in [-0.25, -0.2) is 4.39 Å². The third-order valence-electron chi connectivity index (χ3n) is 2.81. The van der Waals surface area contributed by atoms with E-state index in [1.54, 1.807) is 0 Å². The fraction of sp³-hybridized carbons (Fsp3) is 0.455. The van der Waals surface area contributed by atoms with E-state index in [1.807, 2.05) is 0 Å². The van der Waals surface area contributed by atoms with Gasteiger partial charge in [-0.15, -0.1) is 0 Å². The summed E-state index contributed by atoms with van der Waals surface area (Å²) in [4.78, 5) is 0. The Balaban J connectivity index is 3.44. The van der Waals surface area contributed by atoms with Crippen molar-refractivity contribution in [3.05, 3.63) is 35.1 Å². The van der Waals surface area contributed by atoms with Gasteiger partial charge in [0, 0.05) is 6.04 Å². The van der Waals surface area contributed by atoms with Crippen LogP contribution in [0.5, 0.6) is 0 Å². The topological polar surface area (TPSA) is 46.2 Å². The molecule has 0 radical (unpaired) electrons. The van der Waals surface area contributed by atoms with E-state index < -0.39 is 40.9 Å². The van der Waals surface area contributed by atoms with E-state index >= 15 is 0 Å². The van der Waals surface area contributed by atoms with Crippen molar-refractivity contribution < 1.29 is 35.8 Å². The zero-order valence-corrected chi connectivity index (χ0v) is 9.98. The van der Waals surface area contributed by atoms with Crippen molar-refractivity contribution in [1.82, 2.24) is 0 Å². The summed E-state index contributed by atoms with van der Waals surface area (Å²) in [6.07, 6.45) is -10.3. The minimum atomic E-state index is -5.27. The summed E-state index contributed by atoms with van der Waals surface area (Å²) in [7, 11) is 0. The van der Waals surface area contributed by atoms with Crippen LogP contribution in [0, 0.1) is 5.82 Å². The molecule has 2 nitrogen and oxygen atoms in total. The van der Waals surface area contributed by atoms with Crippen LogP contribution < -0.4 is 5.73 Å². The summed E-state index contributed by atoms with van der Waals surface area (Å²) < 4.78 is 88.7. The summed E-state index contributed by atoms with van der Waals surface area (Å²) in [5.74, 6) is -1.92. The molecule has 0 heterocycles. The molecule has 0 saturated carbocycles. The molecule has 0 aliphatic heterocycles. The second-order valence-electron chi connectivity index (χ2n) is 4.25. The van der Waals surface area contributed by atoms with Gasteiger partial charge in [-0.2, -0.15) is 26.3 Å². The van der Waals surface area contributed by atoms with Crippen LogP contribution in [0.15, 0.2) is 18.2 Å². The lowest BCUT2D eigenvalue weighted by Gasteiger charge is -2.34. The van der Waals surface area contributed by atoms with E-state index in [0.717, 1.165) is 6.92 Å². The summed E-state index contributed by atoms with van der Waals surface area (Å²) in [6.45, 7) is 0.809. The zero-order chi connectivity index (χ0) is 15.9. The van der Waals surface area contributed by atoms with Crippen LogP contribution in [0.3, 0.4) is 0 Å². The Hall–Kier alpha value is -1.35. The SMILES string of the molecule is CC(N)C(O)(c1ccc(C(F)(F)F)c(F)c1)C(F)(F)F. The average molecular weight is 305 g/mol. The molecule has 1 rings (SSSR count). The summed E-state index contributed by atoms with van der Waals surface area (Å²) in [6, 6.07) is -1.44. The van der Waals surface area contributed by atoms with E-state index in [0.29, 0.717) is 6.07 Å². The third kappa shape index (κ3) is 2.73. The molecule has 1 aromatic rings. The number of alkyl halides is 6. The molecule has 0 bridgehead atoms. The second kappa shape index (κ2) is 4.88. The smallest absolute Gasteiger partial charge is 0.375 e. The van der Waals surface area contributed by atoms with Crippen molar-refractivity contribution >= 4 is 0 Å². The van der Waals surface area contributed by atoms with Crippen molar-refractivity contribution in [3.8, 4) is 0 Å². The fourth-order valence-corrected chi connectivity index (χ4v) is 1.67. The molecule has 0 aliphatic rings. The molecule has 9 heteroatoms. The van der Waals surface area contributed by atoms with E-state index in [1.165, 1.54) is 0 Å². The molecule has 0 spiro atoms. The third-order valence-corrected chi connectivity index (χ3v) is 2.81. The molecule has 0 aliphatic carbocycles. The minimum absolute atomic E-state index is 0.0142. The predicted molar refractivity (Wildman–Crippen MR) is 55.0 cm³/mol. The second-order valence-corrected chi connectivity index (χ2v) is 4.25. The van der Waals surface area contributed by atoms with Gasteiger partial charge in [-0.1, -0.05) is 6.07 Å². The maximum Gasteiger partial charge on any atom is 0.422 e. The Morgan fingerprint density at radius 1 is 1.10 bits per heavy atom. The first-order valence-corrected chi connectivity index (χ1v) is 5.23. The molecule has 0 saturated heterocycles. The summed E-state index contributed by atoms with van der Waals surface area (Å²) in [5.41, 5.74) is -1.41. The highest BCUT2D eigenvalue weighted by molar-refractivity contribution is 5.32. The zero-order valence-electron chi connectivity index (χ0n) is 9.98. The van der Waals surface area contributed by atoms with Crippen molar-refractivity contribution in [2.45, 2.75) is 30.9 Å². The number of hydrogen-bond donors (Lipinski definition) is 2. The first-order valence-electron chi connectivity index (χ1n) is 5.23. The molecule has 2 atom stereocenters. The van der Waals surface area contributed by atoms with Crippen molar-refractivity contribution in [3.63, 3.8) is 0 Å². The fourth-order valence-electron chi connectivity index (χ4n) is 1.67. The largest absolute Gasteiger partial charge is 0.422 e. The monoisotopic (exact) mass is 305 g/mol. The van der Waals surface area contributed by atoms with Crippen LogP contribution in [-0.2, 0) is 11.8 Å². The predicted octanol–water partition coefficient (Wildman–Crippen LogP) is 2.94. The Morgan fingerprint density at radius 3 is 1.90 bits per heavy atom. The molecule has 0 amide bonds. The van der Waals surface area contributed by atoms with Gasteiger partial charge in [-0.05, 0) is 24.6 Å². The highest BCUT2D eigenvalue weighted by Gasteiger charge is 2.57. The molecule has 1 aromatic carbocycles. The maximum absolute atomic E-state index is 13.3. The van der Waals surface area contributed by atoms with Crippen LogP contribution in [0.25, 0.3) is 0 Å². The number of nitrogens with two attached hydrogens (primary N) is 1. The van der Waals surface area contributed by atoms with Crippen LogP contribution in [0.1, 0.15) is 18.1 Å². The lowest BCUT2D eigenvalue weighted by Crippen LogP contribution is -2.54. The van der Waals surface area contributed by atoms with Gasteiger partial charge in [0.05, 0.1) is 5.56 Å². The van der Waals surface area contributed by atoms with Gasteiger partial charge in [-0.3, -0.25) is 0 Å². The number of aliphatic hydroxyl groups is 1. The van der Waals surface area contributed by atoms with Gasteiger partial charge in [0.1, 0.15) is 5.82 Å². The van der Waals surface area contributed by atoms with Crippen LogP contribution >= 0.6 is 0 Å². The Labute approximate surface area is 109 Å². The molecule has 3 N–H and O–H groups in total. The molecule has 0 aromatic heterocycles. The van der Waals surface area contributed by atoms with Crippen molar-refractivity contribution in [2.75, 3.05) is 0 Å². The van der Waals surface area contributed by atoms with Crippen molar-refractivity contribution in [1.29, 1.82) is 0 Å². The van der Waals surface area contributed by atoms with E-state index in [9.17, 15) is 35.8 Å². The van der Waals surface area contributed by atoms with E-state index in [2.05, 4.69) is 0 Å². The first-order chi connectivity index (χ1) is 8.81. The lowest BCUT2D eigenvalue weighted by molar-refractivity contribution is -0.273. The normalized spacial score (nSPS) is 17.7. The number of rotatable bonds is 2. The van der Waals surface area contributed by atoms with Gasteiger partial charge in [0.2, 0.25) is 5.60 Å². The van der Waals surface area contributed by atoms with E-state index in [4.69, 9.17) is 5.73 Å². The Bertz CT molecular complexity index is 495. The highest BCUT2D eigenvalue weighted by atomic mass is 19.4. The van der Waals surface area contributed by atoms with Gasteiger partial charge in [0.25, 0.3) is 0 Å². The van der Waals surface area contributed by atoms with Gasteiger partial charge in [0.15, 0.2) is 0 Å². The Morgan fingerprint density at radius 2 is 1.60 bits per heavy atom. The Kier molecular flexibility index (Phi) is 4.08. The molecule has 0 fully saturated rings. The first kappa shape index (κ1) is 16.7. The van der Waals surface area contributed by atoms with Crippen molar-refractivity contribution in [2.24, 2.45) is 5.73 Å². The molecule has 20 heavy (non-hydrogen) atoms. The summed E-state index contributed by atoms with van der Waals surface area (Å²) in [5, 5.41) is 9.62. The van der Waals surface area contributed by atoms with Crippen LogP contribution in [-0.4, -0.2) is 17.3 Å². The maximum atomic E-state index is 13.3. The average Bonchev–Trinajstić information content (AvgIpc) is 2.23. The lowest BCUT2D eigenvalue weighted by atomic mass is 9.86. The quantitative estimate of drug-likeness (QED) is 0.825. The van der Waals surface area contributed by atoms with Gasteiger partial charge >= 0.3 is 12.4 Å². The highest BCUT2D eigenvalue weighted by Crippen LogP contribution is 2.42. The molecular formula is C11H10F7NO. The number of benzene rings is 1. The minimum Gasteiger partial charge on any atom is -0.375 e. The number of hydrogen-bond acceptors (Lipinski definition) is 2. The molecule has 2 unspecified atom stereocenters. The van der Waals surface area contributed by atoms with E-state index in [-0.39, 0.29) is 12.1 Å². The molecular weight excluding hydrogens is 295 g/mol. The summed E-state index contributed by atoms with van der Waals surface area (Å²) >= 11 is 0. The van der Waals surface area contributed by atoms with Gasteiger partial charge < -0.3 is 10.8 Å². The molecule has 114 valence electrons. The standard InChI is InChI=1S/C11H10F7NO/c1-5(19)9(20,11(16,17)18)6-2-3-7(8(12)4-6)10(13,14)15/h2-5,20H,19H2,1H3. The van der Waals surface area contributed by atoms with Crippen LogP contribution in [0.2, 0.25) is 0 Å². The van der Waals surface area contributed by atoms with Crippen LogP contribution in [0.4, 0.5) is 30.7 Å². The number of halogens is 7.